The van der Waals surface area contributed by atoms with Gasteiger partial charge in [-0.05, 0) is 37.3 Å². The summed E-state index contributed by atoms with van der Waals surface area (Å²) in [6.07, 6.45) is 2.95. The van der Waals surface area contributed by atoms with Crippen molar-refractivity contribution in [3.63, 3.8) is 0 Å². The topological polar surface area (TPSA) is 98.9 Å². The third kappa shape index (κ3) is 4.41. The van der Waals surface area contributed by atoms with E-state index in [0.717, 1.165) is 23.8 Å². The third-order valence-electron chi connectivity index (χ3n) is 6.28. The molecule has 1 amide bonds. The van der Waals surface area contributed by atoms with Crippen LogP contribution in [-0.4, -0.2) is 30.3 Å². The van der Waals surface area contributed by atoms with E-state index in [4.69, 9.17) is 4.98 Å². The number of carbonyl (C=O) groups is 1. The lowest BCUT2D eigenvalue weighted by molar-refractivity contribution is -0.121. The van der Waals surface area contributed by atoms with Gasteiger partial charge in [-0.25, -0.2) is 14.8 Å². The van der Waals surface area contributed by atoms with Crippen LogP contribution in [0.1, 0.15) is 63.5 Å². The monoisotopic (exact) mass is 481 g/mol. The maximum absolute atomic E-state index is 13.2. The van der Waals surface area contributed by atoms with Gasteiger partial charge in [-0.3, -0.25) is 18.7 Å². The fourth-order valence-electron chi connectivity index (χ4n) is 4.26. The lowest BCUT2D eigenvalue weighted by atomic mass is 9.88. The minimum atomic E-state index is -0.498. The second kappa shape index (κ2) is 9.02. The molecule has 2 heterocycles. The minimum Gasteiger partial charge on any atom is -0.348 e. The quantitative estimate of drug-likeness (QED) is 0.454. The van der Waals surface area contributed by atoms with Crippen molar-refractivity contribution in [1.82, 2.24) is 24.4 Å². The van der Waals surface area contributed by atoms with Crippen LogP contribution in [0, 0.1) is 0 Å². The molecule has 8 nitrogen and oxygen atoms in total. The minimum absolute atomic E-state index is 0.0264. The molecule has 0 aliphatic heterocycles. The van der Waals surface area contributed by atoms with Crippen molar-refractivity contribution in [2.24, 2.45) is 14.1 Å². The Morgan fingerprint density at radius 2 is 1.85 bits per heavy atom. The smallest absolute Gasteiger partial charge is 0.332 e. The van der Waals surface area contributed by atoms with E-state index in [9.17, 15) is 14.4 Å². The van der Waals surface area contributed by atoms with Crippen LogP contribution in [-0.2, 0) is 30.7 Å². The zero-order valence-corrected chi connectivity index (χ0v) is 21.3. The predicted octanol–water partition coefficient (Wildman–Crippen LogP) is 3.00. The molecule has 2 atom stereocenters. The fourth-order valence-corrected chi connectivity index (χ4v) is 5.21. The average molecular weight is 482 g/mol. The van der Waals surface area contributed by atoms with Gasteiger partial charge in [-0.15, -0.1) is 0 Å². The first kappa shape index (κ1) is 24.2. The highest BCUT2D eigenvalue weighted by Crippen LogP contribution is 2.32. The molecule has 1 aliphatic rings. The number of amides is 1. The summed E-state index contributed by atoms with van der Waals surface area (Å²) in [5, 5.41) is 3.36. The molecule has 0 radical (unpaired) electrons. The first-order valence-corrected chi connectivity index (χ1v) is 12.4. The summed E-state index contributed by atoms with van der Waals surface area (Å²) >= 11 is 1.23. The molecule has 2 aromatic heterocycles. The molecule has 34 heavy (non-hydrogen) atoms. The van der Waals surface area contributed by atoms with Gasteiger partial charge in [0, 0.05) is 19.5 Å². The normalized spacial score (nSPS) is 16.8. The number of rotatable bonds is 4. The van der Waals surface area contributed by atoms with Gasteiger partial charge in [-0.2, -0.15) is 0 Å². The highest BCUT2D eigenvalue weighted by molar-refractivity contribution is 8.00. The van der Waals surface area contributed by atoms with Gasteiger partial charge in [0.25, 0.3) is 5.56 Å². The third-order valence-corrected chi connectivity index (χ3v) is 7.37. The van der Waals surface area contributed by atoms with Crippen LogP contribution < -0.4 is 16.6 Å². The molecule has 0 unspecified atom stereocenters. The predicted molar refractivity (Wildman–Crippen MR) is 134 cm³/mol. The largest absolute Gasteiger partial charge is 0.348 e. The van der Waals surface area contributed by atoms with Crippen molar-refractivity contribution >= 4 is 28.7 Å². The molecule has 9 heteroatoms. The fraction of sp³-hybridized carbons (Fsp3) is 0.480. The summed E-state index contributed by atoms with van der Waals surface area (Å²) in [4.78, 5) is 48.0. The maximum atomic E-state index is 13.2. The number of hydrogen-bond donors (Lipinski definition) is 1. The Kier molecular flexibility index (Phi) is 6.42. The molecule has 1 aromatic carbocycles. The zero-order valence-electron chi connectivity index (χ0n) is 20.5. The Hall–Kier alpha value is -2.94. The van der Waals surface area contributed by atoms with Crippen LogP contribution in [0.2, 0.25) is 0 Å². The van der Waals surface area contributed by atoms with E-state index in [1.807, 2.05) is 39.8 Å². The summed E-state index contributed by atoms with van der Waals surface area (Å²) in [6, 6.07) is 8.20. The first-order valence-electron chi connectivity index (χ1n) is 11.5. The summed E-state index contributed by atoms with van der Waals surface area (Å²) in [5.41, 5.74) is 1.41. The number of fused-ring (bicyclic) bond motifs is 2. The van der Waals surface area contributed by atoms with E-state index < -0.39 is 21.9 Å². The van der Waals surface area contributed by atoms with Gasteiger partial charge in [-0.1, -0.05) is 56.8 Å². The van der Waals surface area contributed by atoms with Gasteiger partial charge < -0.3 is 5.32 Å². The van der Waals surface area contributed by atoms with Crippen molar-refractivity contribution in [3.8, 4) is 0 Å². The zero-order chi connectivity index (χ0) is 24.8. The number of hydrogen-bond acceptors (Lipinski definition) is 6. The van der Waals surface area contributed by atoms with Crippen LogP contribution in [0.3, 0.4) is 0 Å². The molecule has 0 bridgehead atoms. The number of aromatic nitrogens is 4. The average Bonchev–Trinajstić information content (AvgIpc) is 2.80. The standard InChI is InChI=1S/C25H31N5O3S/c1-14(20(31)26-17-13-9-11-15-10-7-8-12-16(15)17)34-21-18-19(27-23(28-21)25(2,3)4)29(5)24(33)30(6)22(18)32/h7-8,10,12,14,17H,9,11,13H2,1-6H3,(H,26,31)/t14-,17+/m0/s1. The molecule has 0 saturated carbocycles. The Morgan fingerprint density at radius 1 is 1.15 bits per heavy atom. The van der Waals surface area contributed by atoms with Gasteiger partial charge >= 0.3 is 5.69 Å². The Labute approximate surface area is 202 Å². The molecule has 0 spiro atoms. The number of nitrogens with zero attached hydrogens (tertiary/aromatic N) is 4. The number of nitrogens with one attached hydrogen (secondary N) is 1. The van der Waals surface area contributed by atoms with E-state index >= 15 is 0 Å². The number of carbonyl (C=O) groups excluding carboxylic acids is 1. The molecule has 0 saturated heterocycles. The molecule has 4 rings (SSSR count). The number of thioether (sulfide) groups is 1. The van der Waals surface area contributed by atoms with Crippen molar-refractivity contribution in [2.45, 2.75) is 68.7 Å². The Balaban J connectivity index is 1.70. The van der Waals surface area contributed by atoms with E-state index in [2.05, 4.69) is 22.4 Å². The van der Waals surface area contributed by atoms with E-state index in [-0.39, 0.29) is 23.0 Å². The molecule has 1 N–H and O–H groups in total. The lowest BCUT2D eigenvalue weighted by Gasteiger charge is -2.27. The van der Waals surface area contributed by atoms with E-state index in [0.29, 0.717) is 10.9 Å². The summed E-state index contributed by atoms with van der Waals surface area (Å²) < 4.78 is 2.41. The van der Waals surface area contributed by atoms with E-state index in [1.54, 1.807) is 7.05 Å². The molecule has 180 valence electrons. The van der Waals surface area contributed by atoms with Gasteiger partial charge in [0.15, 0.2) is 5.65 Å². The first-order chi connectivity index (χ1) is 16.0. The SMILES string of the molecule is C[C@H](Sc1nc(C(C)(C)C)nc2c1c(=O)n(C)c(=O)n2C)C(=O)N[C@@H]1CCCc2ccccc21. The Bertz CT molecular complexity index is 1390. The van der Waals surface area contributed by atoms with Crippen LogP contribution in [0.25, 0.3) is 11.0 Å². The van der Waals surface area contributed by atoms with Crippen molar-refractivity contribution in [2.75, 3.05) is 0 Å². The molecular formula is C25H31N5O3S. The Morgan fingerprint density at radius 3 is 2.56 bits per heavy atom. The van der Waals surface area contributed by atoms with Crippen molar-refractivity contribution in [1.29, 1.82) is 0 Å². The number of benzene rings is 1. The maximum Gasteiger partial charge on any atom is 0.332 e. The summed E-state index contributed by atoms with van der Waals surface area (Å²) in [5.74, 6) is 0.400. The van der Waals surface area contributed by atoms with E-state index in [1.165, 1.54) is 34.5 Å². The molecule has 3 aromatic rings. The molecule has 1 aliphatic carbocycles. The lowest BCUT2D eigenvalue weighted by Crippen LogP contribution is -2.38. The van der Waals surface area contributed by atoms with Gasteiger partial charge in [0.2, 0.25) is 5.91 Å². The second-order valence-corrected chi connectivity index (χ2v) is 11.2. The number of aryl methyl sites for hydroxylation is 2. The summed E-state index contributed by atoms with van der Waals surface area (Å²) in [6.45, 7) is 7.72. The van der Waals surface area contributed by atoms with Gasteiger partial charge in [0.05, 0.1) is 11.3 Å². The molecule has 0 fully saturated rings. The second-order valence-electron chi connectivity index (χ2n) is 9.92. The highest BCUT2D eigenvalue weighted by atomic mass is 32.2. The molecular weight excluding hydrogens is 450 g/mol. The van der Waals surface area contributed by atoms with Crippen LogP contribution in [0.15, 0.2) is 38.9 Å². The summed E-state index contributed by atoms with van der Waals surface area (Å²) in [7, 11) is 3.03. The van der Waals surface area contributed by atoms with Gasteiger partial charge in [0.1, 0.15) is 16.2 Å². The van der Waals surface area contributed by atoms with Crippen LogP contribution in [0.4, 0.5) is 0 Å². The van der Waals surface area contributed by atoms with Crippen LogP contribution in [0.5, 0.6) is 0 Å². The van der Waals surface area contributed by atoms with Crippen molar-refractivity contribution in [3.05, 3.63) is 62.1 Å². The van der Waals surface area contributed by atoms with Crippen molar-refractivity contribution < 1.29 is 4.79 Å². The highest BCUT2D eigenvalue weighted by Gasteiger charge is 2.28. The van der Waals surface area contributed by atoms with Crippen LogP contribution >= 0.6 is 11.8 Å².